The second-order valence-electron chi connectivity index (χ2n) is 6.95. The predicted molar refractivity (Wildman–Crippen MR) is 110 cm³/mol. The van der Waals surface area contributed by atoms with Gasteiger partial charge in [-0.25, -0.2) is 0 Å². The molecule has 1 heterocycles. The number of hydrogen-bond donors (Lipinski definition) is 2. The van der Waals surface area contributed by atoms with E-state index in [0.29, 0.717) is 11.3 Å². The predicted octanol–water partition coefficient (Wildman–Crippen LogP) is 3.38. The lowest BCUT2D eigenvalue weighted by atomic mass is 10.0. The van der Waals surface area contributed by atoms with Gasteiger partial charge in [0.25, 0.3) is 0 Å². The van der Waals surface area contributed by atoms with Gasteiger partial charge in [0.15, 0.2) is 0 Å². The number of ether oxygens (including phenoxy) is 1. The molecule has 1 saturated heterocycles. The lowest BCUT2D eigenvalue weighted by Gasteiger charge is -2.27. The van der Waals surface area contributed by atoms with Crippen molar-refractivity contribution in [2.24, 2.45) is 0 Å². The van der Waals surface area contributed by atoms with Gasteiger partial charge >= 0.3 is 0 Å². The average molecular weight is 359 g/mol. The van der Waals surface area contributed by atoms with Crippen molar-refractivity contribution in [2.75, 3.05) is 39.9 Å². The van der Waals surface area contributed by atoms with Crippen molar-refractivity contribution in [3.05, 3.63) is 48.0 Å². The van der Waals surface area contributed by atoms with Crippen LogP contribution in [0.4, 0.5) is 0 Å². The third kappa shape index (κ3) is 5.20. The summed E-state index contributed by atoms with van der Waals surface area (Å²) in [6, 6.07) is 15.8. The largest absolute Gasteiger partial charge is 0.385 e. The highest BCUT2D eigenvalue weighted by atomic mass is 32.1. The fourth-order valence-corrected chi connectivity index (χ4v) is 4.06. The van der Waals surface area contributed by atoms with Crippen LogP contribution in [0, 0.1) is 0 Å². The first-order valence-corrected chi connectivity index (χ1v) is 9.89. The SMILES string of the molecule is COCCCN(CCc1cccc2ccccc12)C[C@@H]1NCC[C@@H]1S. The van der Waals surface area contributed by atoms with Crippen molar-refractivity contribution >= 4 is 23.4 Å². The van der Waals surface area contributed by atoms with E-state index in [1.54, 1.807) is 7.11 Å². The van der Waals surface area contributed by atoms with Crippen molar-refractivity contribution in [2.45, 2.75) is 30.6 Å². The summed E-state index contributed by atoms with van der Waals surface area (Å²) in [6.45, 7) is 5.15. The molecule has 0 spiro atoms. The van der Waals surface area contributed by atoms with Crippen LogP contribution < -0.4 is 5.32 Å². The maximum atomic E-state index is 5.25. The normalized spacial score (nSPS) is 20.6. The zero-order chi connectivity index (χ0) is 17.5. The van der Waals surface area contributed by atoms with Crippen LogP contribution in [0.15, 0.2) is 42.5 Å². The average Bonchev–Trinajstić information content (AvgIpc) is 3.04. The molecule has 1 N–H and O–H groups in total. The van der Waals surface area contributed by atoms with E-state index >= 15 is 0 Å². The molecule has 0 amide bonds. The molecular formula is C21H30N2OS. The Morgan fingerprint density at radius 2 is 2.00 bits per heavy atom. The summed E-state index contributed by atoms with van der Waals surface area (Å²) in [6.07, 6.45) is 3.33. The quantitative estimate of drug-likeness (QED) is 0.531. The molecule has 0 unspecified atom stereocenters. The highest BCUT2D eigenvalue weighted by Gasteiger charge is 2.25. The van der Waals surface area contributed by atoms with Crippen molar-refractivity contribution in [1.29, 1.82) is 0 Å². The number of methoxy groups -OCH3 is 1. The van der Waals surface area contributed by atoms with Crippen LogP contribution in [0.25, 0.3) is 10.8 Å². The van der Waals surface area contributed by atoms with E-state index in [0.717, 1.165) is 45.6 Å². The Labute approximate surface area is 157 Å². The fourth-order valence-electron chi connectivity index (χ4n) is 3.73. The van der Waals surface area contributed by atoms with Gasteiger partial charge in [0.1, 0.15) is 0 Å². The molecular weight excluding hydrogens is 328 g/mol. The van der Waals surface area contributed by atoms with Gasteiger partial charge in [0, 0.05) is 44.6 Å². The molecule has 1 aliphatic rings. The third-order valence-corrected chi connectivity index (χ3v) is 5.78. The Morgan fingerprint density at radius 1 is 1.16 bits per heavy atom. The van der Waals surface area contributed by atoms with Gasteiger partial charge in [-0.2, -0.15) is 12.6 Å². The summed E-state index contributed by atoms with van der Waals surface area (Å²) < 4.78 is 5.25. The van der Waals surface area contributed by atoms with Gasteiger partial charge in [0.05, 0.1) is 0 Å². The van der Waals surface area contributed by atoms with Gasteiger partial charge in [-0.3, -0.25) is 0 Å². The molecule has 1 aliphatic heterocycles. The minimum Gasteiger partial charge on any atom is -0.385 e. The number of nitrogens with zero attached hydrogens (tertiary/aromatic N) is 1. The van der Waals surface area contributed by atoms with E-state index in [1.165, 1.54) is 22.8 Å². The summed E-state index contributed by atoms with van der Waals surface area (Å²) in [5.74, 6) is 0. The van der Waals surface area contributed by atoms with Crippen molar-refractivity contribution in [3.8, 4) is 0 Å². The zero-order valence-electron chi connectivity index (χ0n) is 15.2. The van der Waals surface area contributed by atoms with Gasteiger partial charge in [0.2, 0.25) is 0 Å². The lowest BCUT2D eigenvalue weighted by Crippen LogP contribution is -2.42. The van der Waals surface area contributed by atoms with Gasteiger partial charge in [-0.15, -0.1) is 0 Å². The van der Waals surface area contributed by atoms with E-state index in [9.17, 15) is 0 Å². The van der Waals surface area contributed by atoms with Crippen LogP contribution in [0.5, 0.6) is 0 Å². The number of hydrogen-bond acceptors (Lipinski definition) is 4. The number of thiol groups is 1. The van der Waals surface area contributed by atoms with Crippen LogP contribution in [0.1, 0.15) is 18.4 Å². The molecule has 2 aromatic rings. The summed E-state index contributed by atoms with van der Waals surface area (Å²) in [7, 11) is 1.78. The summed E-state index contributed by atoms with van der Waals surface area (Å²) in [5.41, 5.74) is 1.44. The monoisotopic (exact) mass is 358 g/mol. The Balaban J connectivity index is 1.64. The first kappa shape index (κ1) is 18.7. The van der Waals surface area contributed by atoms with Crippen LogP contribution >= 0.6 is 12.6 Å². The molecule has 3 nitrogen and oxygen atoms in total. The molecule has 0 aromatic heterocycles. The molecule has 1 fully saturated rings. The Hall–Kier alpha value is -1.07. The highest BCUT2D eigenvalue weighted by Crippen LogP contribution is 2.20. The first-order valence-electron chi connectivity index (χ1n) is 9.37. The molecule has 0 aliphatic carbocycles. The van der Waals surface area contributed by atoms with Crippen LogP contribution in [0.3, 0.4) is 0 Å². The number of fused-ring (bicyclic) bond motifs is 1. The molecule has 3 rings (SSSR count). The molecule has 25 heavy (non-hydrogen) atoms. The standard InChI is InChI=1S/C21H30N2OS/c1-24-15-5-13-23(16-20-21(25)10-12-22-20)14-11-18-8-4-7-17-6-2-3-9-19(17)18/h2-4,6-9,20-22,25H,5,10-16H2,1H3/t20-,21-/m0/s1. The minimum absolute atomic E-state index is 0.475. The smallest absolute Gasteiger partial charge is 0.0474 e. The zero-order valence-corrected chi connectivity index (χ0v) is 16.1. The fraction of sp³-hybridized carbons (Fsp3) is 0.524. The summed E-state index contributed by atoms with van der Waals surface area (Å²) >= 11 is 4.74. The number of benzene rings is 2. The Morgan fingerprint density at radius 3 is 2.80 bits per heavy atom. The van der Waals surface area contributed by atoms with Crippen molar-refractivity contribution in [1.82, 2.24) is 10.2 Å². The molecule has 2 atom stereocenters. The third-order valence-electron chi connectivity index (χ3n) is 5.17. The van der Waals surface area contributed by atoms with Crippen molar-refractivity contribution in [3.63, 3.8) is 0 Å². The van der Waals surface area contributed by atoms with E-state index in [4.69, 9.17) is 17.4 Å². The Bertz CT molecular complexity index is 658. The van der Waals surface area contributed by atoms with E-state index in [1.807, 2.05) is 0 Å². The molecule has 2 aromatic carbocycles. The number of rotatable bonds is 9. The lowest BCUT2D eigenvalue weighted by molar-refractivity contribution is 0.168. The van der Waals surface area contributed by atoms with Gasteiger partial charge < -0.3 is 15.0 Å². The molecule has 0 radical (unpaired) electrons. The van der Waals surface area contributed by atoms with Crippen LogP contribution in [0.2, 0.25) is 0 Å². The molecule has 4 heteroatoms. The molecule has 136 valence electrons. The molecule has 0 bridgehead atoms. The van der Waals surface area contributed by atoms with Gasteiger partial charge in [-0.1, -0.05) is 42.5 Å². The second-order valence-corrected chi connectivity index (χ2v) is 7.62. The van der Waals surface area contributed by atoms with E-state index in [2.05, 4.69) is 52.7 Å². The summed E-state index contributed by atoms with van der Waals surface area (Å²) in [5, 5.41) is 6.79. The van der Waals surface area contributed by atoms with Crippen LogP contribution in [-0.2, 0) is 11.2 Å². The van der Waals surface area contributed by atoms with E-state index in [-0.39, 0.29) is 0 Å². The topological polar surface area (TPSA) is 24.5 Å². The maximum absolute atomic E-state index is 5.25. The Kier molecular flexibility index (Phi) is 7.17. The molecule has 0 saturated carbocycles. The highest BCUT2D eigenvalue weighted by molar-refractivity contribution is 7.81. The minimum atomic E-state index is 0.475. The van der Waals surface area contributed by atoms with Crippen molar-refractivity contribution < 1.29 is 4.74 Å². The maximum Gasteiger partial charge on any atom is 0.0474 e. The van der Waals surface area contributed by atoms with E-state index < -0.39 is 0 Å². The first-order chi connectivity index (χ1) is 12.3. The second kappa shape index (κ2) is 9.58. The van der Waals surface area contributed by atoms with Gasteiger partial charge in [-0.05, 0) is 42.1 Å². The number of nitrogens with one attached hydrogen (secondary N) is 1. The van der Waals surface area contributed by atoms with Crippen LogP contribution in [-0.4, -0.2) is 56.1 Å². The summed E-state index contributed by atoms with van der Waals surface area (Å²) in [4.78, 5) is 2.58.